The summed E-state index contributed by atoms with van der Waals surface area (Å²) in [4.78, 5) is 24.3. The molecule has 29 heavy (non-hydrogen) atoms. The van der Waals surface area contributed by atoms with Crippen molar-refractivity contribution in [3.63, 3.8) is 0 Å². The average Bonchev–Trinajstić information content (AvgIpc) is 2.70. The number of likely N-dealkylation sites (tertiary alicyclic amines) is 1. The summed E-state index contributed by atoms with van der Waals surface area (Å²) in [7, 11) is 0. The van der Waals surface area contributed by atoms with Crippen LogP contribution in [0, 0.1) is 19.8 Å². The Hall–Kier alpha value is -2.66. The van der Waals surface area contributed by atoms with Gasteiger partial charge in [-0.15, -0.1) is 0 Å². The van der Waals surface area contributed by atoms with Crippen molar-refractivity contribution >= 4 is 39.9 Å². The van der Waals surface area contributed by atoms with Gasteiger partial charge in [0, 0.05) is 41.1 Å². The number of hydrogen-bond donors (Lipinski definition) is 1. The van der Waals surface area contributed by atoms with Gasteiger partial charge in [0.25, 0.3) is 5.91 Å². The van der Waals surface area contributed by atoms with Crippen molar-refractivity contribution in [2.75, 3.05) is 18.4 Å². The second-order valence-corrected chi connectivity index (χ2v) is 8.37. The van der Waals surface area contributed by atoms with Crippen LogP contribution in [0.1, 0.15) is 41.4 Å². The van der Waals surface area contributed by atoms with Crippen LogP contribution in [-0.2, 0) is 0 Å². The number of carbonyl (C=O) groups is 1. The first-order valence-electron chi connectivity index (χ1n) is 10.0. The predicted molar refractivity (Wildman–Crippen MR) is 118 cm³/mol. The smallest absolute Gasteiger partial charge is 0.257 e. The molecule has 0 saturated carbocycles. The van der Waals surface area contributed by atoms with Crippen LogP contribution in [0.2, 0.25) is 5.02 Å². The topological polar surface area (TPSA) is 58.1 Å². The minimum Gasteiger partial charge on any atom is -0.354 e. The highest BCUT2D eigenvalue weighted by atomic mass is 35.5. The van der Waals surface area contributed by atoms with Crippen molar-refractivity contribution in [2.45, 2.75) is 33.6 Å². The number of benzene rings is 1. The highest BCUT2D eigenvalue weighted by Gasteiger charge is 2.25. The van der Waals surface area contributed by atoms with Crippen molar-refractivity contribution in [3.8, 4) is 0 Å². The molecule has 0 radical (unpaired) electrons. The number of hydrogen-bond acceptors (Lipinski definition) is 4. The third kappa shape index (κ3) is 4.06. The molecule has 0 unspecified atom stereocenters. The molecule has 1 N–H and O–H groups in total. The number of halogens is 1. The van der Waals surface area contributed by atoms with E-state index in [4.69, 9.17) is 11.6 Å². The Balaban J connectivity index is 1.80. The summed E-state index contributed by atoms with van der Waals surface area (Å²) in [6.07, 6.45) is 3.84. The van der Waals surface area contributed by atoms with E-state index in [1.54, 1.807) is 6.20 Å². The van der Waals surface area contributed by atoms with E-state index in [9.17, 15) is 4.79 Å². The fourth-order valence-electron chi connectivity index (χ4n) is 3.83. The molecular formula is C23H25ClN4O. The Bertz CT molecular complexity index is 1080. The van der Waals surface area contributed by atoms with Gasteiger partial charge in [-0.05, 0) is 62.4 Å². The van der Waals surface area contributed by atoms with Gasteiger partial charge in [-0.2, -0.15) is 0 Å². The Morgan fingerprint density at radius 1 is 1.24 bits per heavy atom. The van der Waals surface area contributed by atoms with Gasteiger partial charge >= 0.3 is 0 Å². The number of carbonyl (C=O) groups excluding carboxylic acids is 1. The Morgan fingerprint density at radius 3 is 2.83 bits per heavy atom. The van der Waals surface area contributed by atoms with E-state index < -0.39 is 0 Å². The Morgan fingerprint density at radius 2 is 2.07 bits per heavy atom. The number of aromatic nitrogens is 2. The minimum atomic E-state index is 0.00670. The van der Waals surface area contributed by atoms with Crippen molar-refractivity contribution in [1.82, 2.24) is 14.9 Å². The molecule has 0 spiro atoms. The molecule has 1 aliphatic rings. The fourth-order valence-corrected chi connectivity index (χ4v) is 4.01. The number of fused-ring (bicyclic) bond motifs is 1. The number of aryl methyl sites for hydroxylation is 2. The van der Waals surface area contributed by atoms with Gasteiger partial charge in [-0.3, -0.25) is 4.79 Å². The maximum absolute atomic E-state index is 13.4. The summed E-state index contributed by atoms with van der Waals surface area (Å²) in [5, 5.41) is 4.93. The highest BCUT2D eigenvalue weighted by Crippen LogP contribution is 2.32. The van der Waals surface area contributed by atoms with Crippen LogP contribution in [0.5, 0.6) is 0 Å². The highest BCUT2D eigenvalue weighted by molar-refractivity contribution is 6.31. The molecule has 5 nitrogen and oxygen atoms in total. The standard InChI is InChI=1S/C23H25ClN4O/c1-14-5-4-10-28(13-14)23(29)19-12-25-22-18(9-7-16(3)26-22)21(19)27-17-8-6-15(2)20(24)11-17/h6-9,11-12,14H,4-5,10,13H2,1-3H3,(H,25,26,27)/t14-/m1/s1. The molecule has 4 rings (SSSR count). The van der Waals surface area contributed by atoms with E-state index in [2.05, 4.69) is 22.2 Å². The van der Waals surface area contributed by atoms with E-state index in [1.165, 1.54) is 0 Å². The molecule has 0 bridgehead atoms. The summed E-state index contributed by atoms with van der Waals surface area (Å²) >= 11 is 6.32. The monoisotopic (exact) mass is 408 g/mol. The zero-order valence-corrected chi connectivity index (χ0v) is 17.8. The maximum atomic E-state index is 13.4. The van der Waals surface area contributed by atoms with Crippen LogP contribution >= 0.6 is 11.6 Å². The van der Waals surface area contributed by atoms with Gasteiger partial charge in [0.2, 0.25) is 0 Å². The lowest BCUT2D eigenvalue weighted by atomic mass is 9.99. The quantitative estimate of drug-likeness (QED) is 0.620. The van der Waals surface area contributed by atoms with Gasteiger partial charge in [-0.1, -0.05) is 24.6 Å². The van der Waals surface area contributed by atoms with Crippen molar-refractivity contribution in [1.29, 1.82) is 0 Å². The van der Waals surface area contributed by atoms with Gasteiger partial charge in [0.05, 0.1) is 11.3 Å². The lowest BCUT2D eigenvalue weighted by Gasteiger charge is -2.31. The van der Waals surface area contributed by atoms with Crippen LogP contribution < -0.4 is 5.32 Å². The Labute approximate surface area is 176 Å². The SMILES string of the molecule is Cc1ccc2c(Nc3ccc(C)c(Cl)c3)c(C(=O)N3CCC[C@@H](C)C3)cnc2n1. The molecule has 150 valence electrons. The van der Waals surface area contributed by atoms with Gasteiger partial charge in [0.15, 0.2) is 5.65 Å². The molecule has 1 aliphatic heterocycles. The number of piperidine rings is 1. The number of anilines is 2. The minimum absolute atomic E-state index is 0.00670. The number of rotatable bonds is 3. The number of nitrogens with one attached hydrogen (secondary N) is 1. The lowest BCUT2D eigenvalue weighted by Crippen LogP contribution is -2.39. The molecule has 1 fully saturated rings. The summed E-state index contributed by atoms with van der Waals surface area (Å²) in [5.41, 5.74) is 4.63. The third-order valence-corrected chi connectivity index (χ3v) is 5.89. The van der Waals surface area contributed by atoms with Crippen LogP contribution in [-0.4, -0.2) is 33.9 Å². The average molecular weight is 409 g/mol. The normalized spacial score (nSPS) is 16.8. The molecule has 6 heteroatoms. The van der Waals surface area contributed by atoms with E-state index in [0.29, 0.717) is 22.2 Å². The second kappa shape index (κ2) is 7.99. The summed E-state index contributed by atoms with van der Waals surface area (Å²) in [6, 6.07) is 9.71. The largest absolute Gasteiger partial charge is 0.354 e. The Kier molecular flexibility index (Phi) is 5.41. The van der Waals surface area contributed by atoms with Crippen LogP contribution in [0.25, 0.3) is 11.0 Å². The summed E-state index contributed by atoms with van der Waals surface area (Å²) < 4.78 is 0. The van der Waals surface area contributed by atoms with E-state index in [0.717, 1.165) is 53.9 Å². The van der Waals surface area contributed by atoms with Gasteiger partial charge in [-0.25, -0.2) is 9.97 Å². The van der Waals surface area contributed by atoms with Crippen LogP contribution in [0.3, 0.4) is 0 Å². The van der Waals surface area contributed by atoms with Crippen LogP contribution in [0.4, 0.5) is 11.4 Å². The molecule has 2 aromatic heterocycles. The maximum Gasteiger partial charge on any atom is 0.257 e. The third-order valence-electron chi connectivity index (χ3n) is 5.48. The zero-order chi connectivity index (χ0) is 20.5. The van der Waals surface area contributed by atoms with E-state index in [-0.39, 0.29) is 5.91 Å². The molecule has 0 aliphatic carbocycles. The molecule has 1 saturated heterocycles. The zero-order valence-electron chi connectivity index (χ0n) is 17.0. The number of nitrogens with zero attached hydrogens (tertiary/aromatic N) is 3. The van der Waals surface area contributed by atoms with Crippen molar-refractivity contribution < 1.29 is 4.79 Å². The molecule has 3 heterocycles. The van der Waals surface area contributed by atoms with Gasteiger partial charge < -0.3 is 10.2 Å². The van der Waals surface area contributed by atoms with Crippen molar-refractivity contribution in [2.24, 2.45) is 5.92 Å². The summed E-state index contributed by atoms with van der Waals surface area (Å²) in [6.45, 7) is 7.65. The number of amides is 1. The van der Waals surface area contributed by atoms with E-state index in [1.807, 2.05) is 49.1 Å². The molecule has 1 aromatic carbocycles. The van der Waals surface area contributed by atoms with Gasteiger partial charge in [0.1, 0.15) is 0 Å². The second-order valence-electron chi connectivity index (χ2n) is 7.96. The fraction of sp³-hybridized carbons (Fsp3) is 0.348. The molecular weight excluding hydrogens is 384 g/mol. The first-order valence-corrected chi connectivity index (χ1v) is 10.4. The first kappa shape index (κ1) is 19.6. The number of pyridine rings is 2. The molecule has 3 aromatic rings. The lowest BCUT2D eigenvalue weighted by molar-refractivity contribution is 0.0684. The summed E-state index contributed by atoms with van der Waals surface area (Å²) in [5.74, 6) is 0.518. The van der Waals surface area contributed by atoms with Crippen molar-refractivity contribution in [3.05, 3.63) is 58.4 Å². The predicted octanol–water partition coefficient (Wildman–Crippen LogP) is 5.52. The first-order chi connectivity index (χ1) is 13.9. The van der Waals surface area contributed by atoms with Crippen LogP contribution in [0.15, 0.2) is 36.5 Å². The van der Waals surface area contributed by atoms with E-state index >= 15 is 0 Å². The molecule has 1 atom stereocenters. The molecule has 1 amide bonds.